The number of fused-ring (bicyclic) bond motifs is 2. The van der Waals surface area contributed by atoms with Gasteiger partial charge in [-0.05, 0) is 33.7 Å². The Kier molecular flexibility index (Phi) is 20.4. The van der Waals surface area contributed by atoms with Crippen molar-refractivity contribution >= 4 is 98.7 Å². The van der Waals surface area contributed by atoms with E-state index in [1.807, 2.05) is 0 Å². The molecule has 10 atom stereocenters. The highest BCUT2D eigenvalue weighted by Crippen LogP contribution is 2.61. The summed E-state index contributed by atoms with van der Waals surface area (Å²) in [6.07, 6.45) is -9.01. The highest BCUT2D eigenvalue weighted by molar-refractivity contribution is 8.13. The Hall–Kier alpha value is -5.93. The number of nitrogens with zero attached hydrogens (tertiary/aromatic N) is 9. The summed E-state index contributed by atoms with van der Waals surface area (Å²) in [6.45, 7) is -0.655. The number of methoxy groups -OCH3 is 1. The molecule has 3 aliphatic rings. The minimum atomic E-state index is -5.67. The number of aromatic nitrogens is 8. The fraction of sp³-hybridized carbons (Fsp3) is 0.512. The number of phosphoric acid groups is 3. The molecule has 8 unspecified atom stereocenters. The van der Waals surface area contributed by atoms with Crippen LogP contribution in [0.25, 0.3) is 11.2 Å². The fourth-order valence-corrected chi connectivity index (χ4v) is 12.7. The first-order valence-electron chi connectivity index (χ1n) is 23.9. The van der Waals surface area contributed by atoms with Gasteiger partial charge in [-0.2, -0.15) is 4.31 Å². The number of aliphatic hydroxyl groups is 2. The number of rotatable bonds is 28. The molecule has 4 aromatic rings. The third-order valence-corrected chi connectivity index (χ3v) is 17.5. The van der Waals surface area contributed by atoms with Crippen LogP contribution in [0.15, 0.2) is 53.3 Å². The van der Waals surface area contributed by atoms with Crippen LogP contribution < -0.4 is 21.7 Å². The number of imidazole rings is 1. The minimum Gasteiger partial charge on any atom is -0.508 e. The Morgan fingerprint density at radius 2 is 1.70 bits per heavy atom. The first kappa shape index (κ1) is 64.6. The highest BCUT2D eigenvalue weighted by Gasteiger charge is 2.68. The number of nitrogens with two attached hydrogens (primary N) is 1. The number of thioether (sulfide) groups is 2. The van der Waals surface area contributed by atoms with Crippen molar-refractivity contribution in [3.63, 3.8) is 0 Å². The first-order valence-corrected chi connectivity index (χ1v) is 30.4. The molecule has 7 rings (SSSR count). The zero-order valence-electron chi connectivity index (χ0n) is 43.5. The van der Waals surface area contributed by atoms with Crippen LogP contribution in [0.3, 0.4) is 0 Å². The maximum atomic E-state index is 14.0. The number of phenolic OH excluding ortho intramolecular Hbond substituents is 1. The lowest BCUT2D eigenvalue weighted by Crippen LogP contribution is -2.82. The van der Waals surface area contributed by atoms with Crippen LogP contribution in [-0.2, 0) is 81.6 Å². The molecule has 3 aromatic heterocycles. The third kappa shape index (κ3) is 15.1. The number of β-lactam (4-membered cyclic amide) rings is 1. The number of carbonyl (C=O) groups is 6. The Morgan fingerprint density at radius 1 is 1.00 bits per heavy atom. The number of tetrazole rings is 1. The van der Waals surface area contributed by atoms with Crippen LogP contribution in [0.2, 0.25) is 0 Å². The quantitative estimate of drug-likeness (QED) is 0.00696. The molecule has 0 bridgehead atoms. The number of phosphoric ester groups is 3. The predicted octanol–water partition coefficient (Wildman–Crippen LogP) is -2.53. The number of hydrogen-bond donors (Lipinski definition) is 12. The Bertz CT molecular complexity index is 3300. The highest BCUT2D eigenvalue weighted by atomic mass is 32.2. The molecule has 42 heteroatoms. The predicted molar refractivity (Wildman–Crippen MR) is 277 cm³/mol. The molecule has 4 amide bonds. The largest absolute Gasteiger partial charge is 0.508 e. The van der Waals surface area contributed by atoms with Crippen molar-refractivity contribution in [1.82, 2.24) is 60.6 Å². The smallest absolute Gasteiger partial charge is 0.481 e. The van der Waals surface area contributed by atoms with Crippen molar-refractivity contribution < 1.29 is 115 Å². The van der Waals surface area contributed by atoms with Crippen molar-refractivity contribution in [2.75, 3.05) is 57.3 Å². The second kappa shape index (κ2) is 26.1. The summed E-state index contributed by atoms with van der Waals surface area (Å²) in [5.41, 5.74) is 1.66. The number of nitrogen functional groups attached to an aromatic ring is 1. The van der Waals surface area contributed by atoms with Crippen LogP contribution in [0, 0.1) is 5.41 Å². The van der Waals surface area contributed by atoms with Gasteiger partial charge in [0.25, 0.3) is 11.6 Å². The SMILES string of the molecule is CO[C@@]1(NC(=O)C(C(=O)SCCNC(=O)CCNC(=O)C(O)C(C)(C)COP(=O)(O)OP(=O)(O)OCC2OC(n3cnc4c(N)ncnc43)C(O)C2OP(=O)(O)O)c2ccc(O)cc2)C(=O)N2C(C(=O)O)=C(CSc3nnnn3C)CO[C@@H]21. The average Bonchev–Trinajstić information content (AvgIpc) is 2.64. The summed E-state index contributed by atoms with van der Waals surface area (Å²) in [6, 6.07) is 4.99. The van der Waals surface area contributed by atoms with Crippen LogP contribution in [-0.4, -0.2) is 207 Å². The summed E-state index contributed by atoms with van der Waals surface area (Å²) in [7, 11) is -14.0. The molecular weight excluding hydrogens is 1220 g/mol. The number of anilines is 1. The zero-order valence-corrected chi connectivity index (χ0v) is 47.8. The maximum absolute atomic E-state index is 14.0. The lowest BCUT2D eigenvalue weighted by Gasteiger charge is -2.55. The van der Waals surface area contributed by atoms with E-state index in [4.69, 9.17) is 29.0 Å². The number of ether oxygens (including phenoxy) is 3. The second-order valence-electron chi connectivity index (χ2n) is 18.7. The topological polar surface area (TPSA) is 533 Å². The molecule has 37 nitrogen and oxygen atoms in total. The van der Waals surface area contributed by atoms with Gasteiger partial charge in [0.05, 0.1) is 26.1 Å². The van der Waals surface area contributed by atoms with Gasteiger partial charge in [0, 0.05) is 50.6 Å². The molecule has 2 fully saturated rings. The van der Waals surface area contributed by atoms with E-state index in [1.54, 1.807) is 7.05 Å². The van der Waals surface area contributed by atoms with E-state index in [-0.39, 0.29) is 71.5 Å². The Morgan fingerprint density at radius 3 is 2.35 bits per heavy atom. The van der Waals surface area contributed by atoms with Crippen LogP contribution in [0.5, 0.6) is 5.75 Å². The van der Waals surface area contributed by atoms with Gasteiger partial charge in [-0.3, -0.25) is 47.0 Å². The summed E-state index contributed by atoms with van der Waals surface area (Å²) >= 11 is 1.69. The Labute approximate surface area is 475 Å². The number of carboxylic acids is 1. The van der Waals surface area contributed by atoms with E-state index >= 15 is 0 Å². The normalized spacial score (nSPS) is 23.1. The third-order valence-electron chi connectivity index (χ3n) is 12.4. The van der Waals surface area contributed by atoms with Gasteiger partial charge in [0.15, 0.2) is 23.9 Å². The fourth-order valence-electron chi connectivity index (χ4n) is 8.23. The van der Waals surface area contributed by atoms with Crippen LogP contribution >= 0.6 is 47.0 Å². The number of aromatic hydroxyl groups is 1. The molecule has 454 valence electrons. The number of aliphatic hydroxyl groups excluding tert-OH is 2. The van der Waals surface area contributed by atoms with E-state index in [0.717, 1.165) is 41.0 Å². The van der Waals surface area contributed by atoms with E-state index in [1.165, 1.54) is 42.8 Å². The van der Waals surface area contributed by atoms with E-state index < -0.39 is 131 Å². The van der Waals surface area contributed by atoms with Crippen molar-refractivity contribution in [3.8, 4) is 5.75 Å². The average molecular weight is 1270 g/mol. The number of phenols is 1. The number of benzene rings is 1. The molecular formula is C41H54N13O24P3S2. The zero-order chi connectivity index (χ0) is 61.0. The number of amides is 4. The standard InChI is InChI=1S/C41H54N13O24P3S2/c1-40(2,16-75-81(70,71)78-80(68,69)74-14-22-28(77-79(65,66)67)27(57)34(76-22)53-18-47-25-30(42)45-17-46-31(25)53)29(58)33(60)44-10-9-23(56)43-11-12-82-36(63)24(19-5-7-21(55)8-6-19)32(59)48-41(72-4)37(64)54-26(35(61)62)20(13-73-38(41)54)15-83-39-49-50-51-52(39)3/h5-8,17-18,22,24,27-29,34,38,55,57-58H,9-16H2,1-4H3,(H,43,56)(H,44,60)(H,48,59)(H,61,62)(H,68,69)(H,70,71)(H2,42,45,46)(H2,65,66,67)/t22?,24?,27?,28?,29?,34?,38-,41+/m1/s1. The summed E-state index contributed by atoms with van der Waals surface area (Å²) in [5, 5.41) is 59.7. The second-order valence-corrected chi connectivity index (χ2v) is 24.9. The van der Waals surface area contributed by atoms with Crippen molar-refractivity contribution in [2.45, 2.75) is 73.9 Å². The van der Waals surface area contributed by atoms with Crippen LogP contribution in [0.4, 0.5) is 5.82 Å². The van der Waals surface area contributed by atoms with Gasteiger partial charge >= 0.3 is 29.4 Å². The van der Waals surface area contributed by atoms with E-state index in [2.05, 4.69) is 55.3 Å². The van der Waals surface area contributed by atoms with Gasteiger partial charge in [-0.25, -0.2) is 38.1 Å². The number of carboxylic acid groups (broad SMARTS) is 1. The molecule has 2 saturated heterocycles. The molecule has 1 aromatic carbocycles. The maximum Gasteiger partial charge on any atom is 0.481 e. The van der Waals surface area contributed by atoms with Gasteiger partial charge in [-0.15, -0.1) is 5.10 Å². The van der Waals surface area contributed by atoms with Crippen molar-refractivity contribution in [2.24, 2.45) is 12.5 Å². The molecule has 13 N–H and O–H groups in total. The lowest BCUT2D eigenvalue weighted by molar-refractivity contribution is -0.258. The monoisotopic (exact) mass is 1270 g/mol. The molecule has 0 aliphatic carbocycles. The molecule has 0 spiro atoms. The van der Waals surface area contributed by atoms with E-state index in [9.17, 15) is 82.5 Å². The molecule has 0 radical (unpaired) electrons. The molecule has 3 aliphatic heterocycles. The van der Waals surface area contributed by atoms with Crippen LogP contribution in [0.1, 0.15) is 38.0 Å². The minimum absolute atomic E-state index is 0.00512. The number of carbonyl (C=O) groups excluding carboxylic acids is 5. The summed E-state index contributed by atoms with van der Waals surface area (Å²) in [5.74, 6) is -7.36. The van der Waals surface area contributed by atoms with E-state index in [0.29, 0.717) is 16.9 Å². The first-order chi connectivity index (χ1) is 38.9. The van der Waals surface area contributed by atoms with Crippen molar-refractivity contribution in [1.29, 1.82) is 0 Å². The molecule has 0 saturated carbocycles. The van der Waals surface area contributed by atoms with Gasteiger partial charge < -0.3 is 75.9 Å². The molecule has 6 heterocycles. The molecule has 83 heavy (non-hydrogen) atoms. The Balaban J connectivity index is 0.853. The lowest BCUT2D eigenvalue weighted by atomic mass is 9.87. The number of aryl methyl sites for hydroxylation is 1. The number of nitrogens with one attached hydrogen (secondary N) is 3. The number of hydrogen-bond acceptors (Lipinski definition) is 28. The van der Waals surface area contributed by atoms with Gasteiger partial charge in [-0.1, -0.05) is 49.5 Å². The van der Waals surface area contributed by atoms with Crippen molar-refractivity contribution in [3.05, 3.63) is 53.8 Å². The number of aliphatic carboxylic acids is 1. The summed E-state index contributed by atoms with van der Waals surface area (Å²) < 4.78 is 75.4. The van der Waals surface area contributed by atoms with Gasteiger partial charge in [0.1, 0.15) is 53.6 Å². The van der Waals surface area contributed by atoms with Gasteiger partial charge in [0.2, 0.25) is 28.0 Å². The summed E-state index contributed by atoms with van der Waals surface area (Å²) in [4.78, 5) is 132.